The van der Waals surface area contributed by atoms with Crippen molar-refractivity contribution in [3.05, 3.63) is 58.7 Å². The molecule has 0 heterocycles. The summed E-state index contributed by atoms with van der Waals surface area (Å²) in [5.74, 6) is -1.52. The van der Waals surface area contributed by atoms with E-state index in [-0.39, 0.29) is 5.92 Å². The van der Waals surface area contributed by atoms with E-state index in [4.69, 9.17) is 4.74 Å². The third kappa shape index (κ3) is 5.03. The van der Waals surface area contributed by atoms with Crippen molar-refractivity contribution in [1.82, 2.24) is 0 Å². The highest BCUT2D eigenvalue weighted by atomic mass is 19.2. The van der Waals surface area contributed by atoms with E-state index in [0.717, 1.165) is 25.2 Å². The molecule has 3 rings (SSSR count). The minimum Gasteiger partial charge on any atom is -0.505 e. The first-order valence-electron chi connectivity index (χ1n) is 10.5. The summed E-state index contributed by atoms with van der Waals surface area (Å²) in [4.78, 5) is 0. The van der Waals surface area contributed by atoms with Crippen LogP contribution in [0.1, 0.15) is 74.5 Å². The van der Waals surface area contributed by atoms with Gasteiger partial charge in [0.2, 0.25) is 5.82 Å². The zero-order valence-electron chi connectivity index (χ0n) is 16.6. The summed E-state index contributed by atoms with van der Waals surface area (Å²) >= 11 is 0. The van der Waals surface area contributed by atoms with Gasteiger partial charge in [-0.1, -0.05) is 51.2 Å². The van der Waals surface area contributed by atoms with Gasteiger partial charge in [-0.15, -0.1) is 0 Å². The molecule has 0 aromatic heterocycles. The molecule has 1 N–H and O–H groups in total. The summed E-state index contributed by atoms with van der Waals surface area (Å²) < 4.78 is 33.0. The Kier molecular flexibility index (Phi) is 7.30. The van der Waals surface area contributed by atoms with Crippen molar-refractivity contribution in [3.8, 4) is 11.5 Å². The Hall–Kier alpha value is -2.10. The Labute approximate surface area is 166 Å². The molecule has 0 radical (unpaired) electrons. The van der Waals surface area contributed by atoms with Crippen LogP contribution in [0, 0.1) is 11.6 Å². The van der Waals surface area contributed by atoms with Gasteiger partial charge in [0, 0.05) is 5.56 Å². The maximum Gasteiger partial charge on any atom is 0.200 e. The van der Waals surface area contributed by atoms with Crippen LogP contribution in [0.3, 0.4) is 0 Å². The van der Waals surface area contributed by atoms with Crippen molar-refractivity contribution in [3.63, 3.8) is 0 Å². The number of hydrogen-bond acceptors (Lipinski definition) is 2. The topological polar surface area (TPSA) is 29.5 Å². The maximum absolute atomic E-state index is 13.6. The predicted octanol–water partition coefficient (Wildman–Crippen LogP) is 6.68. The summed E-state index contributed by atoms with van der Waals surface area (Å²) in [6.45, 7) is 2.97. The molecule has 28 heavy (non-hydrogen) atoms. The summed E-state index contributed by atoms with van der Waals surface area (Å²) in [5, 5.41) is 9.85. The van der Waals surface area contributed by atoms with E-state index >= 15 is 0 Å². The molecular weight excluding hydrogens is 358 g/mol. The van der Waals surface area contributed by atoms with Crippen LogP contribution >= 0.6 is 0 Å². The number of aromatic hydroxyl groups is 1. The van der Waals surface area contributed by atoms with Crippen LogP contribution in [0.5, 0.6) is 11.5 Å². The van der Waals surface area contributed by atoms with Gasteiger partial charge in [0.1, 0.15) is 5.75 Å². The molecule has 2 aromatic carbocycles. The Morgan fingerprint density at radius 1 is 1.04 bits per heavy atom. The molecule has 1 atom stereocenters. The zero-order valence-corrected chi connectivity index (χ0v) is 16.6. The number of phenolic OH excluding ortho intramolecular Hbond substituents is 1. The average Bonchev–Trinajstić information content (AvgIpc) is 2.71. The Bertz CT molecular complexity index is 771. The monoisotopic (exact) mass is 388 g/mol. The van der Waals surface area contributed by atoms with Crippen molar-refractivity contribution in [1.29, 1.82) is 0 Å². The fraction of sp³-hybridized carbons (Fsp3) is 0.500. The molecule has 0 saturated carbocycles. The number of ether oxygens (including phenoxy) is 1. The molecule has 1 aliphatic rings. The van der Waals surface area contributed by atoms with Crippen molar-refractivity contribution in [2.45, 2.75) is 70.6 Å². The first-order valence-corrected chi connectivity index (χ1v) is 10.5. The lowest BCUT2D eigenvalue weighted by molar-refractivity contribution is 0.304. The fourth-order valence-electron chi connectivity index (χ4n) is 4.04. The molecule has 0 aliphatic heterocycles. The molecule has 2 nitrogen and oxygen atoms in total. The van der Waals surface area contributed by atoms with E-state index in [0.29, 0.717) is 24.0 Å². The highest BCUT2D eigenvalue weighted by Crippen LogP contribution is 2.38. The van der Waals surface area contributed by atoms with Crippen LogP contribution in [0.4, 0.5) is 8.78 Å². The fourth-order valence-corrected chi connectivity index (χ4v) is 4.04. The summed E-state index contributed by atoms with van der Waals surface area (Å²) in [5.41, 5.74) is 2.42. The summed E-state index contributed by atoms with van der Waals surface area (Å²) in [6, 6.07) is 9.34. The second-order valence-corrected chi connectivity index (χ2v) is 7.78. The van der Waals surface area contributed by atoms with Gasteiger partial charge in [-0.3, -0.25) is 0 Å². The largest absolute Gasteiger partial charge is 0.505 e. The molecule has 0 saturated heterocycles. The zero-order chi connectivity index (χ0) is 19.9. The van der Waals surface area contributed by atoms with E-state index in [1.54, 1.807) is 0 Å². The number of benzene rings is 2. The second kappa shape index (κ2) is 9.90. The standard InChI is InChI=1S/C24H30F2O2/c1-2-3-4-5-6-7-14-28-20-11-8-17(9-12-20)18-10-13-21-19(15-18)16-22(25)23(26)24(21)27/h8-9,11-12,16,18,27H,2-7,10,13-15H2,1H3. The van der Waals surface area contributed by atoms with E-state index in [1.165, 1.54) is 43.7 Å². The molecule has 0 spiro atoms. The lowest BCUT2D eigenvalue weighted by Crippen LogP contribution is -2.14. The van der Waals surface area contributed by atoms with Gasteiger partial charge in [-0.25, -0.2) is 4.39 Å². The number of rotatable bonds is 9. The van der Waals surface area contributed by atoms with Crippen molar-refractivity contribution >= 4 is 0 Å². The minimum absolute atomic E-state index is 0.240. The molecule has 152 valence electrons. The molecule has 0 amide bonds. The van der Waals surface area contributed by atoms with Crippen LogP contribution in [0.15, 0.2) is 30.3 Å². The summed E-state index contributed by atoms with van der Waals surface area (Å²) in [7, 11) is 0. The van der Waals surface area contributed by atoms with Gasteiger partial charge >= 0.3 is 0 Å². The van der Waals surface area contributed by atoms with Gasteiger partial charge in [0.15, 0.2) is 11.6 Å². The SMILES string of the molecule is CCCCCCCCOc1ccc(C2CCc3c(cc(F)c(F)c3O)C2)cc1. The molecule has 4 heteroatoms. The van der Waals surface area contributed by atoms with Crippen LogP contribution in [0.2, 0.25) is 0 Å². The smallest absolute Gasteiger partial charge is 0.200 e. The number of phenols is 1. The van der Waals surface area contributed by atoms with Crippen molar-refractivity contribution in [2.75, 3.05) is 6.61 Å². The number of hydrogen-bond donors (Lipinski definition) is 1. The predicted molar refractivity (Wildman–Crippen MR) is 108 cm³/mol. The Balaban J connectivity index is 1.52. The molecule has 1 unspecified atom stereocenters. The molecular formula is C24H30F2O2. The first kappa shape index (κ1) is 20.6. The average molecular weight is 388 g/mol. The number of unbranched alkanes of at least 4 members (excludes halogenated alkanes) is 5. The quantitative estimate of drug-likeness (QED) is 0.485. The maximum atomic E-state index is 13.6. The van der Waals surface area contributed by atoms with Gasteiger partial charge in [0.25, 0.3) is 0 Å². The number of halogens is 2. The first-order chi connectivity index (χ1) is 13.6. The van der Waals surface area contributed by atoms with E-state index in [1.807, 2.05) is 12.1 Å². The van der Waals surface area contributed by atoms with Crippen LogP contribution < -0.4 is 4.74 Å². The van der Waals surface area contributed by atoms with Gasteiger partial charge < -0.3 is 9.84 Å². The van der Waals surface area contributed by atoms with Crippen molar-refractivity contribution in [2.24, 2.45) is 0 Å². The van der Waals surface area contributed by atoms with Crippen molar-refractivity contribution < 1.29 is 18.6 Å². The minimum atomic E-state index is -1.14. The lowest BCUT2D eigenvalue weighted by Gasteiger charge is -2.26. The van der Waals surface area contributed by atoms with E-state index in [9.17, 15) is 13.9 Å². The van der Waals surface area contributed by atoms with Crippen LogP contribution in [0.25, 0.3) is 0 Å². The van der Waals surface area contributed by atoms with Gasteiger partial charge in [-0.05, 0) is 60.9 Å². The molecule has 0 fully saturated rings. The highest BCUT2D eigenvalue weighted by Gasteiger charge is 2.25. The normalized spacial score (nSPS) is 16.0. The molecule has 0 bridgehead atoms. The third-order valence-electron chi connectivity index (χ3n) is 5.72. The molecule has 1 aliphatic carbocycles. The van der Waals surface area contributed by atoms with Crippen LogP contribution in [-0.4, -0.2) is 11.7 Å². The molecule has 2 aromatic rings. The van der Waals surface area contributed by atoms with E-state index < -0.39 is 17.4 Å². The lowest BCUT2D eigenvalue weighted by atomic mass is 9.80. The Morgan fingerprint density at radius 2 is 1.75 bits per heavy atom. The van der Waals surface area contributed by atoms with E-state index in [2.05, 4.69) is 19.1 Å². The summed E-state index contributed by atoms with van der Waals surface area (Å²) in [6.07, 6.45) is 9.43. The number of fused-ring (bicyclic) bond motifs is 1. The highest BCUT2D eigenvalue weighted by molar-refractivity contribution is 5.44. The van der Waals surface area contributed by atoms with Crippen LogP contribution in [-0.2, 0) is 12.8 Å². The van der Waals surface area contributed by atoms with Gasteiger partial charge in [-0.2, -0.15) is 4.39 Å². The third-order valence-corrected chi connectivity index (χ3v) is 5.72. The second-order valence-electron chi connectivity index (χ2n) is 7.78. The van der Waals surface area contributed by atoms with Gasteiger partial charge in [0.05, 0.1) is 6.61 Å². The Morgan fingerprint density at radius 3 is 2.50 bits per heavy atom.